The van der Waals surface area contributed by atoms with Crippen LogP contribution in [0.25, 0.3) is 88.4 Å². The number of hydrogen-bond acceptors (Lipinski definition) is 0. The van der Waals surface area contributed by atoms with Gasteiger partial charge in [0.25, 0.3) is 0 Å². The Balaban J connectivity index is 1.25. The van der Waals surface area contributed by atoms with Crippen LogP contribution in [0.15, 0.2) is 194 Å². The summed E-state index contributed by atoms with van der Waals surface area (Å²) >= 11 is 0. The van der Waals surface area contributed by atoms with Crippen LogP contribution in [0, 0.1) is 0 Å². The molecule has 10 aromatic rings. The molecule has 0 fully saturated rings. The molecule has 8 aromatic carbocycles. The minimum absolute atomic E-state index is 1.14. The maximum atomic E-state index is 2.47. The van der Waals surface area contributed by atoms with Crippen molar-refractivity contribution in [2.75, 3.05) is 0 Å². The van der Waals surface area contributed by atoms with Crippen molar-refractivity contribution < 1.29 is 0 Å². The molecule has 2 nitrogen and oxygen atoms in total. The first-order valence-electron chi connectivity index (χ1n) is 17.2. The van der Waals surface area contributed by atoms with E-state index in [1.165, 1.54) is 77.0 Å². The van der Waals surface area contributed by atoms with E-state index < -0.39 is 0 Å². The maximum absolute atomic E-state index is 2.47. The fourth-order valence-corrected chi connectivity index (χ4v) is 7.83. The zero-order chi connectivity index (χ0) is 33.0. The van der Waals surface area contributed by atoms with E-state index in [9.17, 15) is 0 Å². The van der Waals surface area contributed by atoms with Crippen LogP contribution >= 0.6 is 0 Å². The minimum Gasteiger partial charge on any atom is -0.309 e. The highest BCUT2D eigenvalue weighted by molar-refractivity contribution is 6.22. The van der Waals surface area contributed by atoms with E-state index in [0.29, 0.717) is 0 Å². The lowest BCUT2D eigenvalue weighted by atomic mass is 9.99. The fourth-order valence-electron chi connectivity index (χ4n) is 7.83. The molecule has 10 rings (SSSR count). The molecule has 0 aliphatic heterocycles. The first-order chi connectivity index (χ1) is 24.8. The van der Waals surface area contributed by atoms with Crippen molar-refractivity contribution in [3.63, 3.8) is 0 Å². The van der Waals surface area contributed by atoms with Gasteiger partial charge >= 0.3 is 0 Å². The third-order valence-corrected chi connectivity index (χ3v) is 10.1. The smallest absolute Gasteiger partial charge is 0.0549 e. The summed E-state index contributed by atoms with van der Waals surface area (Å²) in [4.78, 5) is 0. The van der Waals surface area contributed by atoms with Gasteiger partial charge in [-0.05, 0) is 81.9 Å². The average Bonchev–Trinajstić information content (AvgIpc) is 3.70. The molecule has 2 heterocycles. The Morgan fingerprint density at radius 3 is 1.52 bits per heavy atom. The monoisotopic (exact) mass is 636 g/mol. The van der Waals surface area contributed by atoms with E-state index in [-0.39, 0.29) is 0 Å². The summed E-state index contributed by atoms with van der Waals surface area (Å²) < 4.78 is 4.88. The van der Waals surface area contributed by atoms with Crippen LogP contribution in [0.2, 0.25) is 0 Å². The van der Waals surface area contributed by atoms with Crippen LogP contribution < -0.4 is 0 Å². The molecule has 50 heavy (non-hydrogen) atoms. The molecule has 0 saturated carbocycles. The predicted molar refractivity (Wildman–Crippen MR) is 211 cm³/mol. The zero-order valence-corrected chi connectivity index (χ0v) is 27.4. The zero-order valence-electron chi connectivity index (χ0n) is 27.4. The molecule has 0 radical (unpaired) electrons. The summed E-state index contributed by atoms with van der Waals surface area (Å²) in [7, 11) is 0. The van der Waals surface area contributed by atoms with Gasteiger partial charge in [0.05, 0.1) is 22.1 Å². The highest BCUT2D eigenvalue weighted by Crippen LogP contribution is 2.43. The Kier molecular flexibility index (Phi) is 6.53. The van der Waals surface area contributed by atoms with Crippen molar-refractivity contribution in [2.45, 2.75) is 0 Å². The molecule has 2 heteroatoms. The van der Waals surface area contributed by atoms with Gasteiger partial charge in [0.2, 0.25) is 0 Å². The molecule has 0 amide bonds. The molecule has 0 unspecified atom stereocenters. The van der Waals surface area contributed by atoms with Crippen LogP contribution in [0.1, 0.15) is 0 Å². The number of benzene rings is 8. The Hall–Kier alpha value is -6.64. The largest absolute Gasteiger partial charge is 0.309 e. The number of para-hydroxylation sites is 2. The summed E-state index contributed by atoms with van der Waals surface area (Å²) in [6.07, 6.45) is 0. The average molecular weight is 637 g/mol. The summed E-state index contributed by atoms with van der Waals surface area (Å²) in [6.45, 7) is 0. The molecular formula is C48H32N2. The molecule has 0 aliphatic carbocycles. The molecule has 2 aromatic heterocycles. The lowest BCUT2D eigenvalue weighted by molar-refractivity contribution is 1.17. The van der Waals surface area contributed by atoms with E-state index in [1.54, 1.807) is 0 Å². The van der Waals surface area contributed by atoms with Gasteiger partial charge in [-0.25, -0.2) is 0 Å². The van der Waals surface area contributed by atoms with Crippen molar-refractivity contribution in [1.82, 2.24) is 9.13 Å². The van der Waals surface area contributed by atoms with Crippen LogP contribution in [0.5, 0.6) is 0 Å². The van der Waals surface area contributed by atoms with Gasteiger partial charge in [0, 0.05) is 32.9 Å². The fraction of sp³-hybridized carbons (Fsp3) is 0. The second-order valence-corrected chi connectivity index (χ2v) is 13.0. The van der Waals surface area contributed by atoms with E-state index in [4.69, 9.17) is 0 Å². The second kappa shape index (κ2) is 11.5. The first kappa shape index (κ1) is 28.4. The first-order valence-corrected chi connectivity index (χ1v) is 17.2. The van der Waals surface area contributed by atoms with Crippen molar-refractivity contribution in [1.29, 1.82) is 0 Å². The van der Waals surface area contributed by atoms with E-state index in [2.05, 4.69) is 203 Å². The SMILES string of the molecule is c1ccc(-c2ccc(-c3cccc(-n4c5cc6c7ccccc7n(-c7ccccc7)c6cc5c5c(-c6ccccc6)cccc54)c3)cc2)cc1. The van der Waals surface area contributed by atoms with Crippen LogP contribution in [0.4, 0.5) is 0 Å². The highest BCUT2D eigenvalue weighted by Gasteiger charge is 2.20. The standard InChI is InChI=1S/C48H32N2/c1-4-14-33(15-5-1)34-26-28-35(29-27-34)37-18-12-21-39(30-37)50-45-25-13-23-40(36-16-6-2-7-17-36)48(45)43-32-46-42(31-47(43)50)41-22-10-11-24-44(41)49(46)38-19-8-3-9-20-38/h1-32H. The summed E-state index contributed by atoms with van der Waals surface area (Å²) in [5.41, 5.74) is 14.4. The van der Waals surface area contributed by atoms with Crippen molar-refractivity contribution in [3.8, 4) is 44.8 Å². The van der Waals surface area contributed by atoms with Crippen molar-refractivity contribution >= 4 is 43.6 Å². The molecule has 0 saturated heterocycles. The quantitative estimate of drug-likeness (QED) is 0.178. The third-order valence-electron chi connectivity index (χ3n) is 10.1. The Labute approximate surface area is 290 Å². The molecule has 0 spiro atoms. The van der Waals surface area contributed by atoms with Gasteiger partial charge in [0.1, 0.15) is 0 Å². The number of rotatable bonds is 5. The van der Waals surface area contributed by atoms with Crippen molar-refractivity contribution in [2.24, 2.45) is 0 Å². The molecule has 0 atom stereocenters. The van der Waals surface area contributed by atoms with Crippen LogP contribution in [-0.2, 0) is 0 Å². The topological polar surface area (TPSA) is 9.86 Å². The number of fused-ring (bicyclic) bond motifs is 6. The lowest BCUT2D eigenvalue weighted by Crippen LogP contribution is -1.95. The Morgan fingerprint density at radius 2 is 0.760 bits per heavy atom. The number of nitrogens with zero attached hydrogens (tertiary/aromatic N) is 2. The maximum Gasteiger partial charge on any atom is 0.0549 e. The van der Waals surface area contributed by atoms with Gasteiger partial charge in [-0.2, -0.15) is 0 Å². The molecular weight excluding hydrogens is 605 g/mol. The normalized spacial score (nSPS) is 11.6. The van der Waals surface area contributed by atoms with Gasteiger partial charge in [0.15, 0.2) is 0 Å². The van der Waals surface area contributed by atoms with Gasteiger partial charge < -0.3 is 9.13 Å². The predicted octanol–water partition coefficient (Wildman–Crippen LogP) is 12.9. The van der Waals surface area contributed by atoms with Crippen molar-refractivity contribution in [3.05, 3.63) is 194 Å². The summed E-state index contributed by atoms with van der Waals surface area (Å²) in [6, 6.07) is 70.4. The summed E-state index contributed by atoms with van der Waals surface area (Å²) in [5.74, 6) is 0. The lowest BCUT2D eigenvalue weighted by Gasteiger charge is -2.12. The molecule has 0 bridgehead atoms. The minimum atomic E-state index is 1.14. The van der Waals surface area contributed by atoms with Crippen LogP contribution in [0.3, 0.4) is 0 Å². The Bertz CT molecular complexity index is 2820. The molecule has 234 valence electrons. The third kappa shape index (κ3) is 4.50. The van der Waals surface area contributed by atoms with Gasteiger partial charge in [-0.3, -0.25) is 0 Å². The van der Waals surface area contributed by atoms with Gasteiger partial charge in [-0.15, -0.1) is 0 Å². The Morgan fingerprint density at radius 1 is 0.260 bits per heavy atom. The highest BCUT2D eigenvalue weighted by atomic mass is 15.0. The number of hydrogen-bond donors (Lipinski definition) is 0. The summed E-state index contributed by atoms with van der Waals surface area (Å²) in [5, 5.41) is 5.00. The van der Waals surface area contributed by atoms with Crippen LogP contribution in [-0.4, -0.2) is 9.13 Å². The van der Waals surface area contributed by atoms with E-state index >= 15 is 0 Å². The second-order valence-electron chi connectivity index (χ2n) is 13.0. The molecule has 0 N–H and O–H groups in total. The number of aromatic nitrogens is 2. The van der Waals surface area contributed by atoms with E-state index in [1.807, 2.05) is 0 Å². The molecule has 0 aliphatic rings. The van der Waals surface area contributed by atoms with E-state index in [0.717, 1.165) is 11.4 Å². The van der Waals surface area contributed by atoms with Gasteiger partial charge in [-0.1, -0.05) is 146 Å².